The normalized spacial score (nSPS) is 16.6. The van der Waals surface area contributed by atoms with Crippen LogP contribution in [0.3, 0.4) is 0 Å². The van der Waals surface area contributed by atoms with Gasteiger partial charge in [0.1, 0.15) is 5.75 Å². The van der Waals surface area contributed by atoms with Crippen molar-refractivity contribution in [3.8, 4) is 5.75 Å². The lowest BCUT2D eigenvalue weighted by Crippen LogP contribution is -2.15. The zero-order valence-corrected chi connectivity index (χ0v) is 10.3. The van der Waals surface area contributed by atoms with E-state index in [1.54, 1.807) is 7.11 Å². The molecule has 0 bridgehead atoms. The number of methoxy groups -OCH3 is 1. The molecule has 0 radical (unpaired) electrons. The first kappa shape index (κ1) is 12.0. The lowest BCUT2D eigenvalue weighted by molar-refractivity contribution is -0.137. The highest BCUT2D eigenvalue weighted by Crippen LogP contribution is 2.53. The smallest absolute Gasteiger partial charge is 0.304 e. The number of hydrogen-bond donors (Lipinski definition) is 1. The number of hydrogen-bond acceptors (Lipinski definition) is 2. The highest BCUT2D eigenvalue weighted by Gasteiger charge is 2.47. The minimum absolute atomic E-state index is 0.133. The van der Waals surface area contributed by atoms with Gasteiger partial charge in [0.25, 0.3) is 0 Å². The van der Waals surface area contributed by atoms with Crippen molar-refractivity contribution >= 4 is 5.97 Å². The van der Waals surface area contributed by atoms with Crippen molar-refractivity contribution in [1.29, 1.82) is 0 Å². The Hall–Kier alpha value is -1.51. The van der Waals surface area contributed by atoms with E-state index in [4.69, 9.17) is 9.84 Å². The molecular weight excluding hydrogens is 216 g/mol. The molecule has 1 aromatic rings. The molecule has 1 N–H and O–H groups in total. The molecule has 0 aliphatic heterocycles. The van der Waals surface area contributed by atoms with E-state index in [9.17, 15) is 4.79 Å². The van der Waals surface area contributed by atoms with E-state index in [1.807, 2.05) is 12.1 Å². The van der Waals surface area contributed by atoms with E-state index < -0.39 is 5.97 Å². The lowest BCUT2D eigenvalue weighted by atomic mass is 9.87. The van der Waals surface area contributed by atoms with Crippen molar-refractivity contribution < 1.29 is 14.6 Å². The van der Waals surface area contributed by atoms with Crippen LogP contribution >= 0.6 is 0 Å². The SMILES string of the molecule is CCc1c(OC)cccc1C1(CC(=O)O)CC1. The van der Waals surface area contributed by atoms with E-state index in [1.165, 1.54) is 5.56 Å². The fourth-order valence-electron chi connectivity index (χ4n) is 2.60. The Bertz CT molecular complexity index is 433. The van der Waals surface area contributed by atoms with Gasteiger partial charge in [-0.1, -0.05) is 19.1 Å². The third-order valence-corrected chi connectivity index (χ3v) is 3.62. The summed E-state index contributed by atoms with van der Waals surface area (Å²) in [5, 5.41) is 9.01. The van der Waals surface area contributed by atoms with Crippen molar-refractivity contribution in [1.82, 2.24) is 0 Å². The van der Waals surface area contributed by atoms with Crippen LogP contribution in [0.25, 0.3) is 0 Å². The second-order valence-electron chi connectivity index (χ2n) is 4.69. The topological polar surface area (TPSA) is 46.5 Å². The maximum absolute atomic E-state index is 11.0. The molecule has 0 spiro atoms. The Kier molecular flexibility index (Phi) is 3.09. The number of carboxylic acids is 1. The summed E-state index contributed by atoms with van der Waals surface area (Å²) in [6.45, 7) is 2.08. The molecule has 1 saturated carbocycles. The molecule has 0 atom stereocenters. The molecule has 1 aliphatic rings. The Morgan fingerprint density at radius 2 is 2.18 bits per heavy atom. The summed E-state index contributed by atoms with van der Waals surface area (Å²) in [7, 11) is 1.66. The van der Waals surface area contributed by atoms with E-state index in [0.717, 1.165) is 30.6 Å². The van der Waals surface area contributed by atoms with Gasteiger partial charge >= 0.3 is 5.97 Å². The molecule has 3 nitrogen and oxygen atoms in total. The predicted octanol–water partition coefficient (Wildman–Crippen LogP) is 2.76. The summed E-state index contributed by atoms with van der Waals surface area (Å²) in [6, 6.07) is 5.95. The first-order chi connectivity index (χ1) is 8.13. The molecule has 1 aliphatic carbocycles. The number of aliphatic carboxylic acids is 1. The molecule has 0 saturated heterocycles. The van der Waals surface area contributed by atoms with Gasteiger partial charge in [-0.2, -0.15) is 0 Å². The summed E-state index contributed by atoms with van der Waals surface area (Å²) < 4.78 is 5.36. The maximum atomic E-state index is 11.0. The fourth-order valence-corrected chi connectivity index (χ4v) is 2.60. The summed E-state index contributed by atoms with van der Waals surface area (Å²) in [5.74, 6) is 0.161. The second-order valence-corrected chi connectivity index (χ2v) is 4.69. The quantitative estimate of drug-likeness (QED) is 0.852. The minimum atomic E-state index is -0.715. The Morgan fingerprint density at radius 1 is 1.47 bits per heavy atom. The minimum Gasteiger partial charge on any atom is -0.496 e. The van der Waals surface area contributed by atoms with Gasteiger partial charge in [0.15, 0.2) is 0 Å². The van der Waals surface area contributed by atoms with Gasteiger partial charge < -0.3 is 9.84 Å². The third-order valence-electron chi connectivity index (χ3n) is 3.62. The van der Waals surface area contributed by atoms with Crippen LogP contribution < -0.4 is 4.74 Å². The predicted molar refractivity (Wildman–Crippen MR) is 65.5 cm³/mol. The van der Waals surface area contributed by atoms with Gasteiger partial charge in [-0.05, 0) is 36.5 Å². The standard InChI is InChI=1S/C14H18O3/c1-3-10-11(5-4-6-12(10)17-2)14(7-8-14)9-13(15)16/h4-6H,3,7-9H2,1-2H3,(H,15,16). The van der Waals surface area contributed by atoms with Crippen molar-refractivity contribution in [2.24, 2.45) is 0 Å². The third kappa shape index (κ3) is 2.14. The van der Waals surface area contributed by atoms with E-state index in [2.05, 4.69) is 13.0 Å². The summed E-state index contributed by atoms with van der Waals surface area (Å²) in [4.78, 5) is 11.0. The van der Waals surface area contributed by atoms with E-state index >= 15 is 0 Å². The van der Waals surface area contributed by atoms with Crippen LogP contribution in [0.2, 0.25) is 0 Å². The molecule has 0 amide bonds. The molecule has 17 heavy (non-hydrogen) atoms. The summed E-state index contributed by atoms with van der Waals surface area (Å²) in [5.41, 5.74) is 2.20. The van der Waals surface area contributed by atoms with Crippen LogP contribution in [0.1, 0.15) is 37.3 Å². The van der Waals surface area contributed by atoms with Crippen molar-refractivity contribution in [2.45, 2.75) is 38.0 Å². The number of carboxylic acid groups (broad SMARTS) is 1. The largest absolute Gasteiger partial charge is 0.496 e. The van der Waals surface area contributed by atoms with Crippen LogP contribution in [0, 0.1) is 0 Å². The van der Waals surface area contributed by atoms with Crippen LogP contribution in [-0.4, -0.2) is 18.2 Å². The zero-order valence-electron chi connectivity index (χ0n) is 10.3. The molecule has 92 valence electrons. The lowest BCUT2D eigenvalue weighted by Gasteiger charge is -2.19. The molecule has 2 rings (SSSR count). The average molecular weight is 234 g/mol. The van der Waals surface area contributed by atoms with E-state index in [0.29, 0.717) is 0 Å². The van der Waals surface area contributed by atoms with Crippen LogP contribution in [0.5, 0.6) is 5.75 Å². The summed E-state index contributed by atoms with van der Waals surface area (Å²) >= 11 is 0. The van der Waals surface area contributed by atoms with Crippen LogP contribution in [-0.2, 0) is 16.6 Å². The van der Waals surface area contributed by atoms with Gasteiger partial charge in [0.2, 0.25) is 0 Å². The van der Waals surface area contributed by atoms with Gasteiger partial charge in [0, 0.05) is 5.41 Å². The number of carbonyl (C=O) groups is 1. The van der Waals surface area contributed by atoms with E-state index in [-0.39, 0.29) is 11.8 Å². The molecule has 1 fully saturated rings. The van der Waals surface area contributed by atoms with Gasteiger partial charge in [-0.25, -0.2) is 0 Å². The number of rotatable bonds is 5. The highest BCUT2D eigenvalue weighted by molar-refractivity contribution is 5.70. The van der Waals surface area contributed by atoms with Crippen molar-refractivity contribution in [3.63, 3.8) is 0 Å². The molecule has 1 aromatic carbocycles. The van der Waals surface area contributed by atoms with Crippen molar-refractivity contribution in [2.75, 3.05) is 7.11 Å². The van der Waals surface area contributed by atoms with Gasteiger partial charge in [0.05, 0.1) is 13.5 Å². The van der Waals surface area contributed by atoms with Gasteiger partial charge in [-0.15, -0.1) is 0 Å². The molecule has 3 heteroatoms. The maximum Gasteiger partial charge on any atom is 0.304 e. The zero-order chi connectivity index (χ0) is 12.5. The highest BCUT2D eigenvalue weighted by atomic mass is 16.5. The first-order valence-electron chi connectivity index (χ1n) is 6.01. The van der Waals surface area contributed by atoms with Crippen LogP contribution in [0.15, 0.2) is 18.2 Å². The number of benzene rings is 1. The Labute approximate surface area is 101 Å². The first-order valence-corrected chi connectivity index (χ1v) is 6.01. The fraction of sp³-hybridized carbons (Fsp3) is 0.500. The molecule has 0 aromatic heterocycles. The monoisotopic (exact) mass is 234 g/mol. The van der Waals surface area contributed by atoms with Gasteiger partial charge in [-0.3, -0.25) is 4.79 Å². The van der Waals surface area contributed by atoms with Crippen molar-refractivity contribution in [3.05, 3.63) is 29.3 Å². The second kappa shape index (κ2) is 4.40. The Balaban J connectivity index is 2.41. The molecule has 0 heterocycles. The molecule has 0 unspecified atom stereocenters. The van der Waals surface area contributed by atoms with Crippen LogP contribution in [0.4, 0.5) is 0 Å². The Morgan fingerprint density at radius 3 is 2.65 bits per heavy atom. The molecular formula is C14H18O3. The average Bonchev–Trinajstić information content (AvgIpc) is 3.07. The summed E-state index contributed by atoms with van der Waals surface area (Å²) in [6.07, 6.45) is 3.05. The number of ether oxygens (including phenoxy) is 1.